The van der Waals surface area contributed by atoms with E-state index < -0.39 is 0 Å². The molecule has 0 N–H and O–H groups in total. The van der Waals surface area contributed by atoms with Crippen LogP contribution in [0.2, 0.25) is 6.04 Å². The molecule has 0 aromatic heterocycles. The average Bonchev–Trinajstić information content (AvgIpc) is 2.67. The van der Waals surface area contributed by atoms with Crippen LogP contribution in [0.1, 0.15) is 63.5 Å². The number of benzene rings is 1. The molecule has 0 bridgehead atoms. The van der Waals surface area contributed by atoms with Crippen LogP contribution in [0.3, 0.4) is 0 Å². The molecule has 0 amide bonds. The van der Waals surface area contributed by atoms with Gasteiger partial charge < -0.3 is 9.47 Å². The Morgan fingerprint density at radius 3 is 2.27 bits per heavy atom. The zero-order chi connectivity index (χ0) is 18.8. The average molecular weight is 377 g/mol. The summed E-state index contributed by atoms with van der Waals surface area (Å²) in [6, 6.07) is 8.20. The Hall–Kier alpha value is -0.643. The van der Waals surface area contributed by atoms with Gasteiger partial charge in [-0.1, -0.05) is 48.7 Å². The van der Waals surface area contributed by atoms with Gasteiger partial charge in [0.25, 0.3) is 0 Å². The second-order valence-corrected chi connectivity index (χ2v) is 10.2. The van der Waals surface area contributed by atoms with Gasteiger partial charge >= 0.3 is 0 Å². The first-order valence-corrected chi connectivity index (χ1v) is 12.5. The summed E-state index contributed by atoms with van der Waals surface area (Å²) in [7, 11) is -0.235. The Balaban J connectivity index is 2.08. The maximum atomic E-state index is 6.03. The third-order valence-corrected chi connectivity index (χ3v) is 8.51. The van der Waals surface area contributed by atoms with E-state index in [1.807, 2.05) is 0 Å². The van der Waals surface area contributed by atoms with Crippen molar-refractivity contribution < 1.29 is 9.47 Å². The van der Waals surface area contributed by atoms with Crippen molar-refractivity contribution >= 4 is 14.7 Å². The van der Waals surface area contributed by atoms with Gasteiger partial charge in [0.1, 0.15) is 0 Å². The SMILES string of the molecule is CCOCC(CC[SiH2]c1cccc(C)c1C)(COCC)C1CCCCC1. The van der Waals surface area contributed by atoms with Gasteiger partial charge in [0.2, 0.25) is 0 Å². The van der Waals surface area contributed by atoms with E-state index in [9.17, 15) is 0 Å². The third kappa shape index (κ3) is 5.93. The molecule has 0 spiro atoms. The molecule has 1 aromatic rings. The Labute approximate surface area is 163 Å². The molecule has 0 radical (unpaired) electrons. The van der Waals surface area contributed by atoms with Crippen LogP contribution >= 0.6 is 0 Å². The highest BCUT2D eigenvalue weighted by Gasteiger charge is 2.39. The summed E-state index contributed by atoms with van der Waals surface area (Å²) in [5, 5.41) is 1.65. The highest BCUT2D eigenvalue weighted by Crippen LogP contribution is 2.43. The van der Waals surface area contributed by atoms with Gasteiger partial charge in [-0.25, -0.2) is 0 Å². The molecule has 1 aromatic carbocycles. The van der Waals surface area contributed by atoms with Crippen LogP contribution in [0.5, 0.6) is 0 Å². The molecular formula is C23H40O2Si. The van der Waals surface area contributed by atoms with Crippen LogP contribution < -0.4 is 5.19 Å². The summed E-state index contributed by atoms with van der Waals surface area (Å²) in [6.07, 6.45) is 8.19. The summed E-state index contributed by atoms with van der Waals surface area (Å²) in [5.41, 5.74) is 3.20. The number of ether oxygens (including phenoxy) is 2. The van der Waals surface area contributed by atoms with Crippen molar-refractivity contribution in [2.75, 3.05) is 26.4 Å². The van der Waals surface area contributed by atoms with Crippen molar-refractivity contribution in [3.05, 3.63) is 29.3 Å². The molecule has 2 rings (SSSR count). The van der Waals surface area contributed by atoms with E-state index in [-0.39, 0.29) is 14.9 Å². The van der Waals surface area contributed by atoms with Crippen molar-refractivity contribution in [3.8, 4) is 0 Å². The first kappa shape index (κ1) is 21.7. The van der Waals surface area contributed by atoms with Crippen LogP contribution in [-0.4, -0.2) is 35.9 Å². The summed E-state index contributed by atoms with van der Waals surface area (Å²) in [5.74, 6) is 0.780. The molecule has 26 heavy (non-hydrogen) atoms. The predicted octanol–water partition coefficient (Wildman–Crippen LogP) is 4.55. The van der Waals surface area contributed by atoms with E-state index in [2.05, 4.69) is 45.9 Å². The van der Waals surface area contributed by atoms with Gasteiger partial charge in [0.15, 0.2) is 0 Å². The molecular weight excluding hydrogens is 336 g/mol. The molecule has 0 unspecified atom stereocenters. The van der Waals surface area contributed by atoms with Gasteiger partial charge in [0.05, 0.1) is 22.7 Å². The number of rotatable bonds is 11. The molecule has 1 saturated carbocycles. The lowest BCUT2D eigenvalue weighted by molar-refractivity contribution is -0.0624. The van der Waals surface area contributed by atoms with Crippen molar-refractivity contribution in [1.29, 1.82) is 0 Å². The van der Waals surface area contributed by atoms with Crippen LogP contribution in [0.4, 0.5) is 0 Å². The van der Waals surface area contributed by atoms with E-state index in [1.165, 1.54) is 55.7 Å². The molecule has 0 atom stereocenters. The van der Waals surface area contributed by atoms with E-state index in [1.54, 1.807) is 5.19 Å². The Morgan fingerprint density at radius 2 is 1.65 bits per heavy atom. The fourth-order valence-corrected chi connectivity index (χ4v) is 6.88. The van der Waals surface area contributed by atoms with Crippen molar-refractivity contribution in [3.63, 3.8) is 0 Å². The minimum Gasteiger partial charge on any atom is -0.381 e. The minimum absolute atomic E-state index is 0.233. The lowest BCUT2D eigenvalue weighted by Gasteiger charge is -2.42. The van der Waals surface area contributed by atoms with Gasteiger partial charge in [-0.3, -0.25) is 0 Å². The number of hydrogen-bond donors (Lipinski definition) is 0. The van der Waals surface area contributed by atoms with Gasteiger partial charge in [-0.2, -0.15) is 0 Å². The maximum absolute atomic E-state index is 6.03. The third-order valence-electron chi connectivity index (χ3n) is 6.50. The fraction of sp³-hybridized carbons (Fsp3) is 0.739. The van der Waals surface area contributed by atoms with E-state index in [0.29, 0.717) is 0 Å². The highest BCUT2D eigenvalue weighted by molar-refractivity contribution is 6.54. The lowest BCUT2D eigenvalue weighted by atomic mass is 9.68. The number of aryl methyl sites for hydroxylation is 1. The van der Waals surface area contributed by atoms with Crippen molar-refractivity contribution in [1.82, 2.24) is 0 Å². The smallest absolute Gasteiger partial charge is 0.0551 e. The molecule has 1 aliphatic carbocycles. The zero-order valence-electron chi connectivity index (χ0n) is 17.6. The minimum atomic E-state index is -0.235. The molecule has 148 valence electrons. The van der Waals surface area contributed by atoms with Crippen LogP contribution in [0.25, 0.3) is 0 Å². The monoisotopic (exact) mass is 376 g/mol. The normalized spacial score (nSPS) is 16.6. The van der Waals surface area contributed by atoms with E-state index in [0.717, 1.165) is 32.3 Å². The topological polar surface area (TPSA) is 18.5 Å². The highest BCUT2D eigenvalue weighted by atomic mass is 28.2. The molecule has 0 aliphatic heterocycles. The molecule has 1 aliphatic rings. The Morgan fingerprint density at radius 1 is 1.00 bits per heavy atom. The van der Waals surface area contributed by atoms with Crippen LogP contribution in [0, 0.1) is 25.2 Å². The Kier molecular flexibility index (Phi) is 9.38. The second-order valence-electron chi connectivity index (χ2n) is 8.18. The fourth-order valence-electron chi connectivity index (χ4n) is 4.67. The summed E-state index contributed by atoms with van der Waals surface area (Å²) < 4.78 is 12.1. The zero-order valence-corrected chi connectivity index (χ0v) is 19.0. The second kappa shape index (κ2) is 11.3. The first-order valence-electron chi connectivity index (χ1n) is 10.8. The van der Waals surface area contributed by atoms with Gasteiger partial charge in [-0.05, 0) is 64.0 Å². The van der Waals surface area contributed by atoms with Crippen molar-refractivity contribution in [2.24, 2.45) is 11.3 Å². The summed E-state index contributed by atoms with van der Waals surface area (Å²) in [6.45, 7) is 12.2. The first-order chi connectivity index (χ1) is 12.6. The van der Waals surface area contributed by atoms with Gasteiger partial charge in [-0.15, -0.1) is 0 Å². The summed E-state index contributed by atoms with van der Waals surface area (Å²) in [4.78, 5) is 0. The standard InChI is InChI=1S/C23H40O2Si/c1-5-24-17-23(18-25-6-2,21-12-8-7-9-13-21)15-16-26-22-14-10-11-19(3)20(22)4/h10-11,14,21H,5-9,12-13,15-18,26H2,1-4H3. The molecule has 3 heteroatoms. The number of hydrogen-bond acceptors (Lipinski definition) is 2. The van der Waals surface area contributed by atoms with Gasteiger partial charge in [0, 0.05) is 18.6 Å². The lowest BCUT2D eigenvalue weighted by Crippen LogP contribution is -2.41. The predicted molar refractivity (Wildman–Crippen MR) is 116 cm³/mol. The largest absolute Gasteiger partial charge is 0.381 e. The summed E-state index contributed by atoms with van der Waals surface area (Å²) >= 11 is 0. The molecule has 0 saturated heterocycles. The van der Waals surface area contributed by atoms with E-state index >= 15 is 0 Å². The maximum Gasteiger partial charge on any atom is 0.0551 e. The van der Waals surface area contributed by atoms with Crippen LogP contribution in [-0.2, 0) is 9.47 Å². The Bertz CT molecular complexity index is 515. The van der Waals surface area contributed by atoms with Crippen molar-refractivity contribution in [2.45, 2.75) is 72.3 Å². The molecule has 0 heterocycles. The quantitative estimate of drug-likeness (QED) is 0.528. The molecule has 1 fully saturated rings. The molecule has 2 nitrogen and oxygen atoms in total. The van der Waals surface area contributed by atoms with Crippen LogP contribution in [0.15, 0.2) is 18.2 Å². The van der Waals surface area contributed by atoms with E-state index in [4.69, 9.17) is 9.47 Å².